The van der Waals surface area contributed by atoms with E-state index in [1.54, 1.807) is 6.92 Å². The van der Waals surface area contributed by atoms with Crippen LogP contribution in [-0.4, -0.2) is 21.1 Å². The number of amides is 1. The molecule has 1 atom stereocenters. The molecular formula is C19H17ClN4O3S. The molecule has 0 saturated heterocycles. The van der Waals surface area contributed by atoms with E-state index in [1.165, 1.54) is 30.0 Å². The Balaban J connectivity index is 1.77. The van der Waals surface area contributed by atoms with Crippen molar-refractivity contribution in [3.05, 3.63) is 56.2 Å². The van der Waals surface area contributed by atoms with Gasteiger partial charge in [-0.05, 0) is 50.3 Å². The quantitative estimate of drug-likeness (QED) is 0.436. The van der Waals surface area contributed by atoms with Crippen molar-refractivity contribution in [2.45, 2.75) is 42.9 Å². The summed E-state index contributed by atoms with van der Waals surface area (Å²) < 4.78 is 0. The summed E-state index contributed by atoms with van der Waals surface area (Å²) >= 11 is 7.23. The number of nitro groups is 1. The number of anilines is 1. The number of hydrogen-bond donors (Lipinski definition) is 1. The molecular weight excluding hydrogens is 400 g/mol. The van der Waals surface area contributed by atoms with Crippen molar-refractivity contribution in [2.24, 2.45) is 0 Å². The average molecular weight is 417 g/mol. The van der Waals surface area contributed by atoms with Gasteiger partial charge in [-0.25, -0.2) is 4.98 Å². The minimum atomic E-state index is -0.573. The number of carbonyl (C=O) groups excluding carboxylic acids is 1. The molecule has 144 valence electrons. The molecule has 0 aliphatic heterocycles. The highest BCUT2D eigenvalue weighted by molar-refractivity contribution is 8.00. The molecule has 1 aliphatic carbocycles. The Bertz CT molecular complexity index is 990. The highest BCUT2D eigenvalue weighted by atomic mass is 35.5. The van der Waals surface area contributed by atoms with E-state index in [0.29, 0.717) is 10.6 Å². The van der Waals surface area contributed by atoms with Gasteiger partial charge in [0.1, 0.15) is 11.1 Å². The third-order valence-electron chi connectivity index (χ3n) is 4.46. The molecule has 1 aliphatic rings. The standard InChI is InChI=1S/C19H17ClN4O3S/c1-11(18(25)22-17-9-14(24(26)27)6-7-15(17)20)28-19-13(10-21)8-12-4-2-3-5-16(12)23-19/h6-9,11H,2-5H2,1H3,(H,22,25). The predicted molar refractivity (Wildman–Crippen MR) is 108 cm³/mol. The molecule has 1 aromatic carbocycles. The van der Waals surface area contributed by atoms with Crippen molar-refractivity contribution in [1.82, 2.24) is 4.98 Å². The van der Waals surface area contributed by atoms with Crippen molar-refractivity contribution < 1.29 is 9.72 Å². The molecule has 0 radical (unpaired) electrons. The largest absolute Gasteiger partial charge is 0.324 e. The van der Waals surface area contributed by atoms with Gasteiger partial charge < -0.3 is 5.32 Å². The number of carbonyl (C=O) groups is 1. The van der Waals surface area contributed by atoms with Crippen molar-refractivity contribution in [1.29, 1.82) is 5.26 Å². The van der Waals surface area contributed by atoms with Crippen LogP contribution in [0.2, 0.25) is 5.02 Å². The summed E-state index contributed by atoms with van der Waals surface area (Å²) in [6.07, 6.45) is 3.95. The lowest BCUT2D eigenvalue weighted by atomic mass is 9.95. The zero-order chi connectivity index (χ0) is 20.3. The summed E-state index contributed by atoms with van der Waals surface area (Å²) in [4.78, 5) is 27.5. The first-order chi connectivity index (χ1) is 13.4. The number of halogens is 1. The Labute approximate surface area is 171 Å². The fraction of sp³-hybridized carbons (Fsp3) is 0.316. The summed E-state index contributed by atoms with van der Waals surface area (Å²) in [5.74, 6) is -0.379. The van der Waals surface area contributed by atoms with Crippen LogP contribution in [0.15, 0.2) is 29.3 Å². The number of pyridine rings is 1. The zero-order valence-corrected chi connectivity index (χ0v) is 16.6. The Morgan fingerprint density at radius 3 is 2.86 bits per heavy atom. The summed E-state index contributed by atoms with van der Waals surface area (Å²) in [5.41, 5.74) is 2.56. The van der Waals surface area contributed by atoms with E-state index in [2.05, 4.69) is 16.4 Å². The second-order valence-corrected chi connectivity index (χ2v) is 8.17. The predicted octanol–water partition coefficient (Wildman–Crippen LogP) is 4.51. The summed E-state index contributed by atoms with van der Waals surface area (Å²) in [6, 6.07) is 7.88. The number of fused-ring (bicyclic) bond motifs is 1. The second-order valence-electron chi connectivity index (χ2n) is 6.44. The van der Waals surface area contributed by atoms with Crippen molar-refractivity contribution in [2.75, 3.05) is 5.32 Å². The number of nitro benzene ring substituents is 1. The number of aryl methyl sites for hydroxylation is 2. The summed E-state index contributed by atoms with van der Waals surface area (Å²) in [6.45, 7) is 1.69. The molecule has 1 N–H and O–H groups in total. The van der Waals surface area contributed by atoms with Gasteiger partial charge in [-0.1, -0.05) is 23.4 Å². The molecule has 0 saturated carbocycles. The summed E-state index contributed by atoms with van der Waals surface area (Å²) in [7, 11) is 0. The van der Waals surface area contributed by atoms with E-state index >= 15 is 0 Å². The normalized spacial score (nSPS) is 13.9. The molecule has 9 heteroatoms. The molecule has 1 unspecified atom stereocenters. The van der Waals surface area contributed by atoms with E-state index < -0.39 is 10.2 Å². The number of benzene rings is 1. The highest BCUT2D eigenvalue weighted by Gasteiger charge is 2.22. The number of hydrogen-bond acceptors (Lipinski definition) is 6. The van der Waals surface area contributed by atoms with Gasteiger partial charge in [-0.3, -0.25) is 14.9 Å². The van der Waals surface area contributed by atoms with Crippen LogP contribution in [0, 0.1) is 21.4 Å². The van der Waals surface area contributed by atoms with Crippen LogP contribution in [0.25, 0.3) is 0 Å². The topological polar surface area (TPSA) is 109 Å². The van der Waals surface area contributed by atoms with E-state index in [4.69, 9.17) is 11.6 Å². The van der Waals surface area contributed by atoms with Crippen LogP contribution in [0.5, 0.6) is 0 Å². The minimum absolute atomic E-state index is 0.164. The van der Waals surface area contributed by atoms with Gasteiger partial charge in [0.15, 0.2) is 0 Å². The minimum Gasteiger partial charge on any atom is -0.324 e. The first kappa shape index (κ1) is 20.1. The Morgan fingerprint density at radius 2 is 2.14 bits per heavy atom. The molecule has 28 heavy (non-hydrogen) atoms. The fourth-order valence-electron chi connectivity index (χ4n) is 2.96. The van der Waals surface area contributed by atoms with E-state index in [0.717, 1.165) is 36.9 Å². The number of aromatic nitrogens is 1. The molecule has 3 rings (SSSR count). The van der Waals surface area contributed by atoms with Gasteiger partial charge in [-0.2, -0.15) is 5.26 Å². The van der Waals surface area contributed by atoms with Gasteiger partial charge in [0, 0.05) is 17.8 Å². The molecule has 1 heterocycles. The maximum atomic E-state index is 12.6. The monoisotopic (exact) mass is 416 g/mol. The number of nitrogens with one attached hydrogen (secondary N) is 1. The highest BCUT2D eigenvalue weighted by Crippen LogP contribution is 2.31. The lowest BCUT2D eigenvalue weighted by molar-refractivity contribution is -0.384. The van der Waals surface area contributed by atoms with Crippen LogP contribution < -0.4 is 5.32 Å². The number of non-ortho nitro benzene ring substituents is 1. The van der Waals surface area contributed by atoms with Gasteiger partial charge in [0.25, 0.3) is 5.69 Å². The average Bonchev–Trinajstić information content (AvgIpc) is 2.68. The summed E-state index contributed by atoms with van der Waals surface area (Å²) in [5, 5.41) is 23.1. The van der Waals surface area contributed by atoms with Crippen LogP contribution in [0.3, 0.4) is 0 Å². The van der Waals surface area contributed by atoms with Crippen LogP contribution >= 0.6 is 23.4 Å². The van der Waals surface area contributed by atoms with Crippen LogP contribution in [0.1, 0.15) is 36.6 Å². The van der Waals surface area contributed by atoms with Crippen molar-refractivity contribution >= 4 is 40.6 Å². The van der Waals surface area contributed by atoms with Gasteiger partial charge in [0.05, 0.1) is 26.4 Å². The molecule has 1 amide bonds. The molecule has 7 nitrogen and oxygen atoms in total. The third-order valence-corrected chi connectivity index (χ3v) is 5.89. The molecule has 2 aromatic rings. The SMILES string of the molecule is CC(Sc1nc2c(cc1C#N)CCCC2)C(=O)Nc1cc([N+](=O)[O-])ccc1Cl. The van der Waals surface area contributed by atoms with Crippen molar-refractivity contribution in [3.63, 3.8) is 0 Å². The van der Waals surface area contributed by atoms with Gasteiger partial charge >= 0.3 is 0 Å². The number of nitriles is 1. The smallest absolute Gasteiger partial charge is 0.271 e. The van der Waals surface area contributed by atoms with Gasteiger partial charge in [-0.15, -0.1) is 0 Å². The molecule has 0 fully saturated rings. The lowest BCUT2D eigenvalue weighted by Crippen LogP contribution is -2.23. The number of rotatable bonds is 5. The molecule has 0 spiro atoms. The van der Waals surface area contributed by atoms with E-state index in [-0.39, 0.29) is 22.3 Å². The second kappa shape index (κ2) is 8.59. The fourth-order valence-corrected chi connectivity index (χ4v) is 4.02. The maximum Gasteiger partial charge on any atom is 0.271 e. The third kappa shape index (κ3) is 4.43. The molecule has 0 bridgehead atoms. The Kier molecular flexibility index (Phi) is 6.17. The van der Waals surface area contributed by atoms with E-state index in [9.17, 15) is 20.2 Å². The molecule has 1 aromatic heterocycles. The first-order valence-electron chi connectivity index (χ1n) is 8.73. The zero-order valence-electron chi connectivity index (χ0n) is 15.1. The van der Waals surface area contributed by atoms with E-state index in [1.807, 2.05) is 6.07 Å². The maximum absolute atomic E-state index is 12.6. The van der Waals surface area contributed by atoms with Gasteiger partial charge in [0.2, 0.25) is 5.91 Å². The number of nitrogens with zero attached hydrogens (tertiary/aromatic N) is 3. The van der Waals surface area contributed by atoms with Crippen molar-refractivity contribution in [3.8, 4) is 6.07 Å². The van der Waals surface area contributed by atoms with Crippen LogP contribution in [-0.2, 0) is 17.6 Å². The first-order valence-corrected chi connectivity index (χ1v) is 9.99. The van der Waals surface area contributed by atoms with Crippen LogP contribution in [0.4, 0.5) is 11.4 Å². The lowest BCUT2D eigenvalue weighted by Gasteiger charge is -2.18. The number of thioether (sulfide) groups is 1. The Morgan fingerprint density at radius 1 is 1.39 bits per heavy atom. The Hall–Kier alpha value is -2.63.